The second kappa shape index (κ2) is 49.2. The van der Waals surface area contributed by atoms with Gasteiger partial charge in [-0.05, 0) is 32.1 Å². The van der Waals surface area contributed by atoms with Crippen LogP contribution in [-0.4, -0.2) is 376 Å². The SMILES string of the molecule is CN1CC(=O)N(CCCN=C(N)N)CC(=O)N(CCCN=C(N)N)CC(=O)N(CCCN=C(N)N)CC(=O)N(CCCN=C(N)N)CC(=O)N(CCCN=C(N)N)CC1=O.CN1CC(=O)N(CCN=C(N)N)CC(=O)N(CCN=C(N)N)CC(=O)N(CCN=C(N)N)CC(=O)N(CCN=C(N)N)CC1=O. The Morgan fingerprint density at radius 1 is 0.200 bits per heavy atom. The van der Waals surface area contributed by atoms with E-state index in [2.05, 4.69) is 44.9 Å². The van der Waals surface area contributed by atoms with Crippen molar-refractivity contribution in [1.29, 1.82) is 0 Å². The van der Waals surface area contributed by atoms with E-state index in [1.165, 1.54) is 38.6 Å². The van der Waals surface area contributed by atoms with Crippen molar-refractivity contribution in [1.82, 2.24) is 53.9 Å². The minimum atomic E-state index is -0.659. The lowest BCUT2D eigenvalue weighted by Gasteiger charge is -2.33. The molecule has 0 saturated carbocycles. The van der Waals surface area contributed by atoms with E-state index in [0.29, 0.717) is 0 Å². The molecule has 49 nitrogen and oxygen atoms in total. The van der Waals surface area contributed by atoms with Gasteiger partial charge in [-0.25, -0.2) is 0 Å². The number of guanidine groups is 9. The van der Waals surface area contributed by atoms with E-state index in [9.17, 15) is 52.7 Å². The Morgan fingerprint density at radius 3 is 0.476 bits per heavy atom. The summed E-state index contributed by atoms with van der Waals surface area (Å²) < 4.78 is 0. The molecule has 0 aliphatic carbocycles. The summed E-state index contributed by atoms with van der Waals surface area (Å²) in [6.45, 7) is -5.52. The molecule has 2 rings (SSSR count). The molecule has 0 aromatic heterocycles. The average molecular weight is 1490 g/mol. The molecule has 11 amide bonds. The molecule has 2 saturated heterocycles. The maximum Gasteiger partial charge on any atom is 0.242 e. The van der Waals surface area contributed by atoms with E-state index in [0.717, 1.165) is 29.4 Å². The number of carbonyl (C=O) groups excluding carboxylic acids is 11. The standard InChI is InChI=1S/C33H65N21O6.C23H45N17O5/c1-49-17-24(56)51(13-3-8-45-30(36)37)19-26(58)53(15-5-10-47-32(40)41)21-28(60)54(16-6-11-48-33(42)43)22-27(59)52(14-4-9-46-31(38)39)20-25(57)50(18-23(49)55)12-2-7-44-29(34)35;1-36-10-16(42)38(7-3-33-21(26)27)12-18(44)40(9-5-35-23(30)31)14-19(45)39(8-4-34-22(28)29)13-17(43)37(11-15(36)41)6-2-32-20(24)25/h2-22H2,1H3,(H4,34,35,44)(H4,36,37,45)(H4,38,39,46)(H4,40,41,47)(H4,42,43,48);2-14H2,1H3,(H4,24,25,32)(H4,26,27,33)(H4,28,29,34)(H4,30,31,35). The summed E-state index contributed by atoms with van der Waals surface area (Å²) in [4.78, 5) is 199. The van der Waals surface area contributed by atoms with E-state index in [4.69, 9.17) is 103 Å². The Balaban J connectivity index is 0.00000109. The summed E-state index contributed by atoms with van der Waals surface area (Å²) in [5, 5.41) is 0. The maximum atomic E-state index is 14.1. The Bertz CT molecular complexity index is 3070. The molecular weight excluding hydrogens is 1380 g/mol. The quantitative estimate of drug-likeness (QED) is 0.0169. The van der Waals surface area contributed by atoms with Gasteiger partial charge in [-0.15, -0.1) is 0 Å². The van der Waals surface area contributed by atoms with Gasteiger partial charge in [0.15, 0.2) is 53.6 Å². The third-order valence-electron chi connectivity index (χ3n) is 14.8. The zero-order chi connectivity index (χ0) is 79.3. The van der Waals surface area contributed by atoms with E-state index >= 15 is 0 Å². The molecule has 0 aromatic carbocycles. The molecule has 2 heterocycles. The third kappa shape index (κ3) is 40.6. The van der Waals surface area contributed by atoms with Crippen molar-refractivity contribution in [2.24, 2.45) is 148 Å². The summed E-state index contributed by atoms with van der Waals surface area (Å²) in [6.07, 6.45) is 1.15. The van der Waals surface area contributed by atoms with Crippen molar-refractivity contribution in [3.05, 3.63) is 0 Å². The monoisotopic (exact) mass is 1490 g/mol. The van der Waals surface area contributed by atoms with Gasteiger partial charge in [-0.1, -0.05) is 0 Å². The fourth-order valence-corrected chi connectivity index (χ4v) is 9.37. The first-order valence-electron chi connectivity index (χ1n) is 32.9. The highest BCUT2D eigenvalue weighted by molar-refractivity contribution is 5.96. The molecule has 0 spiro atoms. The zero-order valence-corrected chi connectivity index (χ0v) is 59.9. The van der Waals surface area contributed by atoms with Crippen molar-refractivity contribution in [2.45, 2.75) is 32.1 Å². The lowest BCUT2D eigenvalue weighted by molar-refractivity contribution is -0.149. The van der Waals surface area contributed by atoms with Gasteiger partial charge in [-0.2, -0.15) is 0 Å². The highest BCUT2D eigenvalue weighted by atomic mass is 16.2. The Hall–Kier alpha value is -12.4. The number of carbonyl (C=O) groups is 11. The summed E-state index contributed by atoms with van der Waals surface area (Å²) in [7, 11) is 2.73. The minimum absolute atomic E-state index is 0.000981. The number of likely N-dealkylation sites (N-methyl/N-ethyl adjacent to an activating group) is 2. The van der Waals surface area contributed by atoms with Crippen LogP contribution in [0, 0.1) is 0 Å². The number of hydrogen-bond acceptors (Lipinski definition) is 20. The molecule has 0 radical (unpaired) electrons. The first-order valence-corrected chi connectivity index (χ1v) is 32.9. The minimum Gasteiger partial charge on any atom is -0.370 e. The topological polar surface area (TPSA) is 803 Å². The van der Waals surface area contributed by atoms with Crippen LogP contribution in [-0.2, 0) is 52.7 Å². The Labute approximate surface area is 607 Å². The van der Waals surface area contributed by atoms with Crippen LogP contribution in [0.5, 0.6) is 0 Å². The van der Waals surface area contributed by atoms with Gasteiger partial charge in [0.1, 0.15) is 0 Å². The summed E-state index contributed by atoms with van der Waals surface area (Å²) >= 11 is 0. The van der Waals surface area contributed by atoms with Crippen LogP contribution in [0.4, 0.5) is 0 Å². The first kappa shape index (κ1) is 90.6. The molecule has 2 aliphatic heterocycles. The molecular formula is C56H110N38O11. The van der Waals surface area contributed by atoms with Crippen molar-refractivity contribution in [2.75, 3.05) is 204 Å². The predicted octanol–water partition coefficient (Wildman–Crippen LogP) is -16.2. The molecule has 36 N–H and O–H groups in total. The molecule has 105 heavy (non-hydrogen) atoms. The van der Waals surface area contributed by atoms with Crippen LogP contribution in [0.2, 0.25) is 0 Å². The Kier molecular flexibility index (Phi) is 42.5. The highest BCUT2D eigenvalue weighted by Gasteiger charge is 2.33. The number of amides is 11. The first-order chi connectivity index (χ1) is 49.4. The van der Waals surface area contributed by atoms with E-state index in [1.54, 1.807) is 0 Å². The second-order valence-electron chi connectivity index (χ2n) is 23.4. The normalized spacial score (nSPS) is 15.5. The number of hydrogen-bond donors (Lipinski definition) is 18. The number of rotatable bonds is 32. The van der Waals surface area contributed by atoms with Crippen molar-refractivity contribution in [3.8, 4) is 0 Å². The van der Waals surface area contributed by atoms with Gasteiger partial charge in [0.05, 0.1) is 98.2 Å². The fourth-order valence-electron chi connectivity index (χ4n) is 9.37. The molecule has 2 fully saturated rings. The Morgan fingerprint density at radius 2 is 0.324 bits per heavy atom. The molecule has 0 aromatic rings. The molecule has 2 aliphatic rings. The number of nitrogens with zero attached hydrogens (tertiary/aromatic N) is 20. The summed E-state index contributed by atoms with van der Waals surface area (Å²) in [5.41, 5.74) is 98.0. The van der Waals surface area contributed by atoms with Gasteiger partial charge < -0.3 is 157 Å². The lowest BCUT2D eigenvalue weighted by Crippen LogP contribution is -2.53. The molecule has 0 bridgehead atoms. The zero-order valence-electron chi connectivity index (χ0n) is 59.9. The molecule has 0 unspecified atom stereocenters. The third-order valence-corrected chi connectivity index (χ3v) is 14.8. The van der Waals surface area contributed by atoms with E-state index in [1.807, 2.05) is 0 Å². The van der Waals surface area contributed by atoms with E-state index < -0.39 is 137 Å². The molecule has 590 valence electrons. The second-order valence-corrected chi connectivity index (χ2v) is 23.4. The largest absolute Gasteiger partial charge is 0.370 e. The van der Waals surface area contributed by atoms with Gasteiger partial charge in [0, 0.05) is 106 Å². The number of aliphatic imine (C=N–C) groups is 9. The predicted molar refractivity (Wildman–Crippen MR) is 394 cm³/mol. The van der Waals surface area contributed by atoms with Gasteiger partial charge in [-0.3, -0.25) is 97.7 Å². The van der Waals surface area contributed by atoms with Crippen LogP contribution in [0.15, 0.2) is 44.9 Å². The molecule has 0 atom stereocenters. The van der Waals surface area contributed by atoms with Crippen LogP contribution in [0.25, 0.3) is 0 Å². The van der Waals surface area contributed by atoms with Crippen molar-refractivity contribution >= 4 is 119 Å². The van der Waals surface area contributed by atoms with Crippen molar-refractivity contribution < 1.29 is 52.7 Å². The van der Waals surface area contributed by atoms with Gasteiger partial charge >= 0.3 is 0 Å². The van der Waals surface area contributed by atoms with Crippen LogP contribution in [0.3, 0.4) is 0 Å². The summed E-state index contributed by atoms with van der Waals surface area (Å²) in [6, 6.07) is 0. The molecule has 49 heteroatoms. The van der Waals surface area contributed by atoms with E-state index in [-0.39, 0.29) is 204 Å². The van der Waals surface area contributed by atoms with Gasteiger partial charge in [0.2, 0.25) is 65.0 Å². The highest BCUT2D eigenvalue weighted by Crippen LogP contribution is 2.11. The van der Waals surface area contributed by atoms with Crippen LogP contribution in [0.1, 0.15) is 32.1 Å². The fraction of sp³-hybridized carbons (Fsp3) is 0.643. The maximum absolute atomic E-state index is 14.1. The lowest BCUT2D eigenvalue weighted by atomic mass is 10.2. The van der Waals surface area contributed by atoms with Crippen LogP contribution >= 0.6 is 0 Å². The van der Waals surface area contributed by atoms with Crippen LogP contribution < -0.4 is 103 Å². The summed E-state index contributed by atoms with van der Waals surface area (Å²) in [5.74, 6) is -8.67. The average Bonchev–Trinajstić information content (AvgIpc) is 1.64. The van der Waals surface area contributed by atoms with Crippen molar-refractivity contribution in [3.63, 3.8) is 0 Å². The number of nitrogens with two attached hydrogens (primary N) is 18. The van der Waals surface area contributed by atoms with Gasteiger partial charge in [0.25, 0.3) is 0 Å². The smallest absolute Gasteiger partial charge is 0.242 e.